The van der Waals surface area contributed by atoms with Crippen molar-refractivity contribution in [2.45, 2.75) is 121 Å². The Kier molecular flexibility index (Phi) is 7.03. The molecule has 0 amide bonds. The normalized spacial score (nSPS) is 53.0. The third-order valence-electron chi connectivity index (χ3n) is 12.3. The van der Waals surface area contributed by atoms with Crippen molar-refractivity contribution in [3.8, 4) is 0 Å². The molecule has 4 aliphatic carbocycles. The molecular weight excluding hydrogens is 488 g/mol. The molecule has 1 saturated heterocycles. The van der Waals surface area contributed by atoms with Crippen molar-refractivity contribution in [3.05, 3.63) is 11.6 Å². The summed E-state index contributed by atoms with van der Waals surface area (Å²) in [6.07, 6.45) is 1.14. The topological polar surface area (TPSA) is 137 Å². The van der Waals surface area contributed by atoms with E-state index in [1.807, 2.05) is 20.8 Å². The van der Waals surface area contributed by atoms with E-state index in [2.05, 4.69) is 6.92 Å². The average Bonchev–Trinajstić information content (AvgIpc) is 3.33. The molecule has 8 nitrogen and oxygen atoms in total. The number of aliphatic hydroxyl groups is 5. The molecule has 3 saturated carbocycles. The van der Waals surface area contributed by atoms with E-state index >= 15 is 0 Å². The zero-order chi connectivity index (χ0) is 28.0. The van der Waals surface area contributed by atoms with Gasteiger partial charge in [0, 0.05) is 24.4 Å². The molecule has 0 unspecified atom stereocenters. The Hall–Kier alpha value is -0.870. The molecule has 216 valence electrons. The molecule has 8 heteroatoms. The minimum absolute atomic E-state index is 0.0221. The summed E-state index contributed by atoms with van der Waals surface area (Å²) in [5.74, 6) is -0.898. The van der Waals surface area contributed by atoms with Crippen LogP contribution in [0.1, 0.15) is 79.6 Å². The second kappa shape index (κ2) is 9.33. The lowest BCUT2D eigenvalue weighted by Gasteiger charge is -2.60. The SMILES string of the molecule is CC[C@@H]1[C@H](C)[C@H](OC)O[C@H]1[C@@H](O)[C@](C)(O)[C@H]1CC[C@@]2(O)C3=CC(=O)[C@@H]4C[C@@H](O)[C@@H](O)C[C@]4(C)[C@H]3CC[C@]12C. The third kappa shape index (κ3) is 3.70. The van der Waals surface area contributed by atoms with E-state index in [9.17, 15) is 30.3 Å². The molecule has 0 aromatic rings. The molecule has 1 heterocycles. The Morgan fingerprint density at radius 2 is 1.87 bits per heavy atom. The summed E-state index contributed by atoms with van der Waals surface area (Å²) in [5.41, 5.74) is -3.44. The van der Waals surface area contributed by atoms with Crippen LogP contribution in [0.5, 0.6) is 0 Å². The van der Waals surface area contributed by atoms with Gasteiger partial charge in [-0.2, -0.15) is 0 Å². The fourth-order valence-corrected chi connectivity index (χ4v) is 9.91. The van der Waals surface area contributed by atoms with Crippen LogP contribution >= 0.6 is 0 Å². The van der Waals surface area contributed by atoms with Crippen molar-refractivity contribution in [2.24, 2.45) is 40.4 Å². The Labute approximate surface area is 226 Å². The minimum atomic E-state index is -1.54. The number of carbonyl (C=O) groups is 1. The van der Waals surface area contributed by atoms with Crippen LogP contribution in [0.4, 0.5) is 0 Å². The zero-order valence-electron chi connectivity index (χ0n) is 23.8. The summed E-state index contributed by atoms with van der Waals surface area (Å²) in [5, 5.41) is 57.0. The number of hydrogen-bond donors (Lipinski definition) is 5. The van der Waals surface area contributed by atoms with E-state index in [-0.39, 0.29) is 35.9 Å². The quantitative estimate of drug-likeness (QED) is 0.361. The summed E-state index contributed by atoms with van der Waals surface area (Å²) < 4.78 is 11.6. The number of fused-ring (bicyclic) bond motifs is 5. The second-order valence-electron chi connectivity index (χ2n) is 13.9. The van der Waals surface area contributed by atoms with Crippen molar-refractivity contribution in [2.75, 3.05) is 7.11 Å². The van der Waals surface area contributed by atoms with Gasteiger partial charge in [0.15, 0.2) is 12.1 Å². The van der Waals surface area contributed by atoms with Crippen molar-refractivity contribution in [3.63, 3.8) is 0 Å². The first-order valence-electron chi connectivity index (χ1n) is 14.6. The zero-order valence-corrected chi connectivity index (χ0v) is 23.8. The molecule has 5 aliphatic rings. The standard InChI is InChI=1S/C30H48O8/c1-7-16-15(2)26(37-6)38-24(16)25(34)29(5,35)23-9-11-30(36)18-12-20(31)19-13-21(32)22(33)14-27(19,3)17(18)8-10-28(23,30)4/h12,15-17,19,21-26,32-36H,7-11,13-14H2,1-6H3/t15-,16+,17-,19-,21+,22-,23-,24+,25+,26+,27+,28+,29+,30+/m0/s1. The summed E-state index contributed by atoms with van der Waals surface area (Å²) >= 11 is 0. The van der Waals surface area contributed by atoms with Crippen molar-refractivity contribution in [1.82, 2.24) is 0 Å². The van der Waals surface area contributed by atoms with E-state index in [4.69, 9.17) is 9.47 Å². The highest BCUT2D eigenvalue weighted by Crippen LogP contribution is 2.68. The molecule has 38 heavy (non-hydrogen) atoms. The van der Waals surface area contributed by atoms with Crippen LogP contribution in [0.25, 0.3) is 0 Å². The fraction of sp³-hybridized carbons (Fsp3) is 0.900. The highest BCUT2D eigenvalue weighted by atomic mass is 16.7. The van der Waals surface area contributed by atoms with Gasteiger partial charge in [-0.05, 0) is 80.3 Å². The van der Waals surface area contributed by atoms with Gasteiger partial charge in [-0.1, -0.05) is 34.1 Å². The van der Waals surface area contributed by atoms with E-state index in [0.29, 0.717) is 37.7 Å². The maximum atomic E-state index is 13.4. The number of ether oxygens (including phenoxy) is 2. The number of allylic oxidation sites excluding steroid dienone is 1. The van der Waals surface area contributed by atoms with Gasteiger partial charge in [0.1, 0.15) is 6.10 Å². The maximum Gasteiger partial charge on any atom is 0.160 e. The largest absolute Gasteiger partial charge is 0.390 e. The Bertz CT molecular complexity index is 979. The highest BCUT2D eigenvalue weighted by molar-refractivity contribution is 5.95. The van der Waals surface area contributed by atoms with Crippen LogP contribution in [0, 0.1) is 40.4 Å². The summed E-state index contributed by atoms with van der Waals surface area (Å²) in [6.45, 7) is 9.78. The predicted octanol–water partition coefficient (Wildman–Crippen LogP) is 2.34. The van der Waals surface area contributed by atoms with Crippen LogP contribution in [-0.2, 0) is 14.3 Å². The van der Waals surface area contributed by atoms with Gasteiger partial charge >= 0.3 is 0 Å². The second-order valence-corrected chi connectivity index (χ2v) is 13.9. The first kappa shape index (κ1) is 28.7. The number of aliphatic hydroxyl groups excluding tert-OH is 3. The Morgan fingerprint density at radius 3 is 2.50 bits per heavy atom. The van der Waals surface area contributed by atoms with E-state index in [1.165, 1.54) is 0 Å². The monoisotopic (exact) mass is 536 g/mol. The molecule has 0 aromatic carbocycles. The molecule has 0 spiro atoms. The molecular formula is C30H48O8. The Morgan fingerprint density at radius 1 is 1.18 bits per heavy atom. The predicted molar refractivity (Wildman–Crippen MR) is 140 cm³/mol. The van der Waals surface area contributed by atoms with Crippen LogP contribution in [0.3, 0.4) is 0 Å². The summed E-state index contributed by atoms with van der Waals surface area (Å²) in [6, 6.07) is 0. The molecule has 4 fully saturated rings. The molecule has 14 atom stereocenters. The lowest BCUT2D eigenvalue weighted by molar-refractivity contribution is -0.214. The van der Waals surface area contributed by atoms with Gasteiger partial charge in [0.25, 0.3) is 0 Å². The Balaban J connectivity index is 1.47. The van der Waals surface area contributed by atoms with Gasteiger partial charge in [0.2, 0.25) is 0 Å². The van der Waals surface area contributed by atoms with Crippen LogP contribution in [0.15, 0.2) is 11.6 Å². The van der Waals surface area contributed by atoms with E-state index in [1.54, 1.807) is 20.1 Å². The van der Waals surface area contributed by atoms with E-state index in [0.717, 1.165) is 6.42 Å². The average molecular weight is 537 g/mol. The number of ketones is 1. The smallest absolute Gasteiger partial charge is 0.160 e. The van der Waals surface area contributed by atoms with Crippen molar-refractivity contribution in [1.29, 1.82) is 0 Å². The van der Waals surface area contributed by atoms with Crippen molar-refractivity contribution >= 4 is 5.78 Å². The number of rotatable bonds is 5. The summed E-state index contributed by atoms with van der Waals surface area (Å²) in [7, 11) is 1.59. The van der Waals surface area contributed by atoms with Gasteiger partial charge in [-0.15, -0.1) is 0 Å². The first-order chi connectivity index (χ1) is 17.7. The van der Waals surface area contributed by atoms with Gasteiger partial charge < -0.3 is 35.0 Å². The number of methoxy groups -OCH3 is 1. The third-order valence-corrected chi connectivity index (χ3v) is 12.3. The number of hydrogen-bond acceptors (Lipinski definition) is 8. The molecule has 0 bridgehead atoms. The lowest BCUT2D eigenvalue weighted by atomic mass is 9.45. The summed E-state index contributed by atoms with van der Waals surface area (Å²) in [4.78, 5) is 13.4. The van der Waals surface area contributed by atoms with Crippen LogP contribution in [-0.4, -0.2) is 80.3 Å². The molecule has 5 rings (SSSR count). The minimum Gasteiger partial charge on any atom is -0.390 e. The van der Waals surface area contributed by atoms with Gasteiger partial charge in [-0.25, -0.2) is 0 Å². The van der Waals surface area contributed by atoms with Crippen molar-refractivity contribution < 1.29 is 39.8 Å². The first-order valence-corrected chi connectivity index (χ1v) is 14.6. The van der Waals surface area contributed by atoms with Crippen LogP contribution < -0.4 is 0 Å². The van der Waals surface area contributed by atoms with Crippen LogP contribution in [0.2, 0.25) is 0 Å². The molecule has 0 aromatic heterocycles. The lowest BCUT2D eigenvalue weighted by Crippen LogP contribution is -2.63. The highest BCUT2D eigenvalue weighted by Gasteiger charge is 2.70. The molecule has 1 aliphatic heterocycles. The maximum absolute atomic E-state index is 13.4. The number of carbonyl (C=O) groups excluding carboxylic acids is 1. The molecule has 0 radical (unpaired) electrons. The van der Waals surface area contributed by atoms with Gasteiger partial charge in [0.05, 0.1) is 29.5 Å². The van der Waals surface area contributed by atoms with Gasteiger partial charge in [-0.3, -0.25) is 4.79 Å². The van der Waals surface area contributed by atoms with E-state index < -0.39 is 58.7 Å². The fourth-order valence-electron chi connectivity index (χ4n) is 9.91. The molecule has 5 N–H and O–H groups in total.